The third-order valence-electron chi connectivity index (χ3n) is 2.95. The molecule has 110 valence electrons. The van der Waals surface area contributed by atoms with Crippen LogP contribution in [0.25, 0.3) is 10.8 Å². The normalized spacial score (nSPS) is 11.3. The van der Waals surface area contributed by atoms with Gasteiger partial charge >= 0.3 is 0 Å². The van der Waals surface area contributed by atoms with E-state index in [-0.39, 0.29) is 29.1 Å². The molecule has 2 aromatic carbocycles. The molecule has 0 radical (unpaired) electrons. The number of phenols is 2. The van der Waals surface area contributed by atoms with Crippen LogP contribution in [-0.4, -0.2) is 25.2 Å². The van der Waals surface area contributed by atoms with Crippen molar-refractivity contribution in [2.24, 2.45) is 10.2 Å². The van der Waals surface area contributed by atoms with Gasteiger partial charge in [0.25, 0.3) is 5.95 Å². The van der Waals surface area contributed by atoms with Crippen LogP contribution in [0.4, 0.5) is 17.6 Å². The van der Waals surface area contributed by atoms with Gasteiger partial charge in [-0.05, 0) is 30.5 Å². The molecule has 22 heavy (non-hydrogen) atoms. The second-order valence-corrected chi connectivity index (χ2v) is 4.58. The van der Waals surface area contributed by atoms with Gasteiger partial charge < -0.3 is 15.9 Å². The molecule has 0 unspecified atom stereocenters. The first-order chi connectivity index (χ1) is 10.5. The Morgan fingerprint density at radius 3 is 2.55 bits per heavy atom. The molecule has 3 rings (SSSR count). The van der Waals surface area contributed by atoms with Crippen molar-refractivity contribution in [3.63, 3.8) is 0 Å². The molecule has 0 fully saturated rings. The lowest BCUT2D eigenvalue weighted by molar-refractivity contribution is 0.475. The third-order valence-corrected chi connectivity index (χ3v) is 2.95. The Morgan fingerprint density at radius 2 is 1.77 bits per heavy atom. The molecule has 0 spiro atoms. The molecule has 0 bridgehead atoms. The van der Waals surface area contributed by atoms with E-state index in [2.05, 4.69) is 25.2 Å². The number of phenolic OH excluding ortho intramolecular Hbond substituents is 2. The van der Waals surface area contributed by atoms with Crippen LogP contribution in [0.3, 0.4) is 0 Å². The Bertz CT molecular complexity index is 868. The van der Waals surface area contributed by atoms with E-state index in [0.717, 1.165) is 5.39 Å². The van der Waals surface area contributed by atoms with Crippen LogP contribution in [0.5, 0.6) is 11.5 Å². The fraction of sp³-hybridized carbons (Fsp3) is 0.0714. The fourth-order valence-electron chi connectivity index (χ4n) is 2.01. The van der Waals surface area contributed by atoms with Gasteiger partial charge in [0, 0.05) is 5.39 Å². The predicted molar refractivity (Wildman–Crippen MR) is 80.4 cm³/mol. The van der Waals surface area contributed by atoms with Crippen molar-refractivity contribution < 1.29 is 10.2 Å². The van der Waals surface area contributed by atoms with Gasteiger partial charge in [0.15, 0.2) is 0 Å². The summed E-state index contributed by atoms with van der Waals surface area (Å²) in [5.41, 5.74) is 5.74. The highest BCUT2D eigenvalue weighted by atomic mass is 16.3. The lowest BCUT2D eigenvalue weighted by atomic mass is 10.1. The molecular formula is C14H12N6O2. The van der Waals surface area contributed by atoms with Gasteiger partial charge in [-0.15, -0.1) is 10.2 Å². The number of rotatable bonds is 2. The number of nitrogen functional groups attached to an aromatic ring is 1. The lowest BCUT2D eigenvalue weighted by Crippen LogP contribution is -1.98. The number of aryl methyl sites for hydroxylation is 1. The number of benzene rings is 2. The van der Waals surface area contributed by atoms with E-state index in [9.17, 15) is 10.2 Å². The number of azo groups is 1. The molecule has 4 N–H and O–H groups in total. The predicted octanol–water partition coefficient (Wildman–Crippen LogP) is 2.74. The summed E-state index contributed by atoms with van der Waals surface area (Å²) >= 11 is 0. The summed E-state index contributed by atoms with van der Waals surface area (Å²) in [5, 5.41) is 28.8. The van der Waals surface area contributed by atoms with Gasteiger partial charge in [0.2, 0.25) is 5.95 Å². The maximum atomic E-state index is 9.97. The Kier molecular flexibility index (Phi) is 3.26. The average Bonchev–Trinajstić information content (AvgIpc) is 2.45. The number of hydrogen-bond acceptors (Lipinski definition) is 8. The number of aromatic hydroxyl groups is 2. The summed E-state index contributed by atoms with van der Waals surface area (Å²) in [7, 11) is 0. The minimum atomic E-state index is -0.0689. The van der Waals surface area contributed by atoms with Crippen molar-refractivity contribution in [2.45, 2.75) is 6.92 Å². The van der Waals surface area contributed by atoms with Crippen LogP contribution in [0.15, 0.2) is 40.6 Å². The van der Waals surface area contributed by atoms with Crippen molar-refractivity contribution in [1.82, 2.24) is 15.0 Å². The Balaban J connectivity index is 2.11. The Morgan fingerprint density at radius 1 is 1.00 bits per heavy atom. The largest absolute Gasteiger partial charge is 0.508 e. The quantitative estimate of drug-likeness (QED) is 0.623. The van der Waals surface area contributed by atoms with E-state index in [0.29, 0.717) is 11.2 Å². The van der Waals surface area contributed by atoms with Crippen molar-refractivity contribution in [2.75, 3.05) is 5.73 Å². The molecule has 0 aliphatic carbocycles. The van der Waals surface area contributed by atoms with E-state index < -0.39 is 0 Å². The standard InChI is InChI=1S/C14H12N6O2/c1-7-16-13(15)18-14(17-7)20-19-12-10-6-9(21)4-2-8(10)3-5-11(12)22/h2-6,21-22H,1H3,(H2,15,16,17,18). The third kappa shape index (κ3) is 2.62. The minimum absolute atomic E-state index is 0.0428. The summed E-state index contributed by atoms with van der Waals surface area (Å²) < 4.78 is 0. The van der Waals surface area contributed by atoms with E-state index in [1.807, 2.05) is 0 Å². The highest BCUT2D eigenvalue weighted by Crippen LogP contribution is 2.37. The molecule has 0 aliphatic heterocycles. The number of nitrogens with zero attached hydrogens (tertiary/aromatic N) is 5. The van der Waals surface area contributed by atoms with Crippen molar-refractivity contribution in [3.05, 3.63) is 36.2 Å². The number of anilines is 1. The van der Waals surface area contributed by atoms with E-state index in [1.165, 1.54) is 12.1 Å². The number of hydrogen-bond donors (Lipinski definition) is 3. The van der Waals surface area contributed by atoms with Crippen molar-refractivity contribution in [3.8, 4) is 11.5 Å². The van der Waals surface area contributed by atoms with Gasteiger partial charge in [-0.2, -0.15) is 15.0 Å². The van der Waals surface area contributed by atoms with Gasteiger partial charge in [-0.25, -0.2) is 0 Å². The summed E-state index contributed by atoms with van der Waals surface area (Å²) in [6.45, 7) is 1.66. The summed E-state index contributed by atoms with van der Waals surface area (Å²) in [6, 6.07) is 7.98. The maximum Gasteiger partial charge on any atom is 0.273 e. The van der Waals surface area contributed by atoms with E-state index in [1.54, 1.807) is 25.1 Å². The first kappa shape index (κ1) is 13.7. The summed E-state index contributed by atoms with van der Waals surface area (Å²) in [5.74, 6) is 0.499. The van der Waals surface area contributed by atoms with Gasteiger partial charge in [0.05, 0.1) is 0 Å². The second kappa shape index (κ2) is 5.24. The van der Waals surface area contributed by atoms with Gasteiger partial charge in [0.1, 0.15) is 23.0 Å². The molecule has 0 saturated heterocycles. The molecule has 0 saturated carbocycles. The van der Waals surface area contributed by atoms with Crippen LogP contribution >= 0.6 is 0 Å². The zero-order chi connectivity index (χ0) is 15.7. The van der Waals surface area contributed by atoms with Crippen LogP contribution < -0.4 is 5.73 Å². The average molecular weight is 296 g/mol. The minimum Gasteiger partial charge on any atom is -0.508 e. The van der Waals surface area contributed by atoms with Gasteiger partial charge in [-0.1, -0.05) is 12.1 Å². The molecule has 8 heteroatoms. The SMILES string of the molecule is Cc1nc(N)nc(N=Nc2c(O)ccc3ccc(O)cc23)n1. The van der Waals surface area contributed by atoms with E-state index in [4.69, 9.17) is 5.73 Å². The van der Waals surface area contributed by atoms with Gasteiger partial charge in [-0.3, -0.25) is 0 Å². The van der Waals surface area contributed by atoms with Crippen LogP contribution in [0, 0.1) is 6.92 Å². The highest BCUT2D eigenvalue weighted by molar-refractivity contribution is 5.96. The molecule has 0 amide bonds. The smallest absolute Gasteiger partial charge is 0.273 e. The fourth-order valence-corrected chi connectivity index (χ4v) is 2.01. The summed E-state index contributed by atoms with van der Waals surface area (Å²) in [4.78, 5) is 11.7. The zero-order valence-corrected chi connectivity index (χ0v) is 11.6. The first-order valence-corrected chi connectivity index (χ1v) is 6.37. The molecule has 1 aromatic heterocycles. The number of nitrogens with two attached hydrogens (primary N) is 1. The second-order valence-electron chi connectivity index (χ2n) is 4.58. The molecule has 3 aromatic rings. The molecule has 0 aliphatic rings. The molecular weight excluding hydrogens is 284 g/mol. The Labute approximate surface area is 125 Å². The Hall–Kier alpha value is -3.29. The number of fused-ring (bicyclic) bond motifs is 1. The lowest BCUT2D eigenvalue weighted by Gasteiger charge is -2.04. The molecule has 0 atom stereocenters. The molecule has 8 nitrogen and oxygen atoms in total. The topological polar surface area (TPSA) is 130 Å². The van der Waals surface area contributed by atoms with Crippen LogP contribution in [-0.2, 0) is 0 Å². The van der Waals surface area contributed by atoms with Crippen LogP contribution in [0.2, 0.25) is 0 Å². The van der Waals surface area contributed by atoms with Crippen molar-refractivity contribution in [1.29, 1.82) is 0 Å². The summed E-state index contributed by atoms with van der Waals surface area (Å²) in [6.07, 6.45) is 0. The van der Waals surface area contributed by atoms with Crippen LogP contribution in [0.1, 0.15) is 5.82 Å². The highest BCUT2D eigenvalue weighted by Gasteiger charge is 2.08. The van der Waals surface area contributed by atoms with E-state index >= 15 is 0 Å². The molecule has 1 heterocycles. The van der Waals surface area contributed by atoms with Crippen molar-refractivity contribution >= 4 is 28.4 Å². The zero-order valence-electron chi connectivity index (χ0n) is 11.6. The maximum absolute atomic E-state index is 9.97. The number of aromatic nitrogens is 3. The first-order valence-electron chi connectivity index (χ1n) is 6.37. The monoisotopic (exact) mass is 296 g/mol.